The average molecular weight is 565 g/mol. The summed E-state index contributed by atoms with van der Waals surface area (Å²) < 4.78 is 23.9. The third-order valence-corrected chi connectivity index (χ3v) is 6.96. The van der Waals surface area contributed by atoms with E-state index in [4.69, 9.17) is 29.7 Å². The molecule has 8 nitrogen and oxygen atoms in total. The zero-order valence-corrected chi connectivity index (χ0v) is 23.8. The van der Waals surface area contributed by atoms with Crippen LogP contribution in [0.5, 0.6) is 11.5 Å². The van der Waals surface area contributed by atoms with E-state index in [1.807, 2.05) is 67.6 Å². The number of nitrogens with zero attached hydrogens (tertiary/aromatic N) is 3. The predicted molar refractivity (Wildman–Crippen MR) is 161 cm³/mol. The van der Waals surface area contributed by atoms with Gasteiger partial charge in [-0.2, -0.15) is 4.98 Å². The van der Waals surface area contributed by atoms with Crippen LogP contribution in [0.15, 0.2) is 72.8 Å². The second-order valence-corrected chi connectivity index (χ2v) is 9.58. The van der Waals surface area contributed by atoms with E-state index in [0.717, 1.165) is 48.0 Å². The van der Waals surface area contributed by atoms with E-state index in [1.165, 1.54) is 0 Å². The first-order valence-corrected chi connectivity index (χ1v) is 13.5. The number of aromatic nitrogens is 2. The number of methoxy groups -OCH3 is 1. The standard InChI is InChI=1S/C31H36N4O4.ClH/c1-3-37-21-29(23-12-8-5-9-13-23)39-24-14-16-35(17-15-24)31-33-26-19-27(36-2)28(18-25(26)30(32)34-31)38-20-22-10-6-4-7-11-22;/h4-13,18-19,24,29H,3,14-17,20-21H2,1-2H3,(H2,32,33,34);1H. The minimum Gasteiger partial charge on any atom is -0.493 e. The summed E-state index contributed by atoms with van der Waals surface area (Å²) >= 11 is 0. The first kappa shape index (κ1) is 29.4. The Hall–Kier alpha value is -3.59. The van der Waals surface area contributed by atoms with E-state index in [0.29, 0.717) is 43.1 Å². The summed E-state index contributed by atoms with van der Waals surface area (Å²) in [7, 11) is 1.63. The third kappa shape index (κ3) is 7.13. The highest BCUT2D eigenvalue weighted by Gasteiger charge is 2.26. The summed E-state index contributed by atoms with van der Waals surface area (Å²) in [4.78, 5) is 11.7. The Morgan fingerprint density at radius 1 is 0.950 bits per heavy atom. The van der Waals surface area contributed by atoms with E-state index in [1.54, 1.807) is 7.11 Å². The molecule has 0 amide bonds. The Labute approximate surface area is 241 Å². The number of fused-ring (bicyclic) bond motifs is 1. The molecule has 2 heterocycles. The van der Waals surface area contributed by atoms with E-state index in [2.05, 4.69) is 22.0 Å². The number of anilines is 2. The fraction of sp³-hybridized carbons (Fsp3) is 0.355. The molecule has 1 atom stereocenters. The van der Waals surface area contributed by atoms with Crippen LogP contribution in [0, 0.1) is 0 Å². The summed E-state index contributed by atoms with van der Waals surface area (Å²) in [5, 5.41) is 0.738. The molecule has 9 heteroatoms. The predicted octanol–water partition coefficient (Wildman–Crippen LogP) is 5.98. The van der Waals surface area contributed by atoms with Crippen LogP contribution in [0.4, 0.5) is 11.8 Å². The van der Waals surface area contributed by atoms with Gasteiger partial charge in [-0.25, -0.2) is 4.98 Å². The molecule has 40 heavy (non-hydrogen) atoms. The second-order valence-electron chi connectivity index (χ2n) is 9.58. The maximum absolute atomic E-state index is 6.51. The molecule has 0 radical (unpaired) electrons. The minimum absolute atomic E-state index is 0. The number of ether oxygens (including phenoxy) is 4. The zero-order chi connectivity index (χ0) is 27.0. The number of halogens is 1. The molecule has 1 unspecified atom stereocenters. The van der Waals surface area contributed by atoms with E-state index in [9.17, 15) is 0 Å². The third-order valence-electron chi connectivity index (χ3n) is 6.96. The van der Waals surface area contributed by atoms with Crippen LogP contribution in [0.2, 0.25) is 0 Å². The van der Waals surface area contributed by atoms with Crippen LogP contribution >= 0.6 is 12.4 Å². The number of benzene rings is 3. The summed E-state index contributed by atoms with van der Waals surface area (Å²) in [6.07, 6.45) is 1.79. The van der Waals surface area contributed by atoms with Crippen LogP contribution in [0.25, 0.3) is 10.9 Å². The lowest BCUT2D eigenvalue weighted by molar-refractivity contribution is -0.0650. The number of nitrogen functional groups attached to an aromatic ring is 1. The lowest BCUT2D eigenvalue weighted by atomic mass is 10.1. The van der Waals surface area contributed by atoms with Gasteiger partial charge in [0.05, 0.1) is 25.3 Å². The highest BCUT2D eigenvalue weighted by molar-refractivity contribution is 5.91. The molecular formula is C31H37ClN4O4. The van der Waals surface area contributed by atoms with Crippen molar-refractivity contribution in [2.24, 2.45) is 0 Å². The van der Waals surface area contributed by atoms with Crippen LogP contribution in [0.3, 0.4) is 0 Å². The quantitative estimate of drug-likeness (QED) is 0.238. The summed E-state index contributed by atoms with van der Waals surface area (Å²) in [6.45, 7) is 5.20. The molecule has 1 aromatic heterocycles. The van der Waals surface area contributed by atoms with E-state index in [-0.39, 0.29) is 24.6 Å². The molecule has 3 aromatic carbocycles. The van der Waals surface area contributed by atoms with Gasteiger partial charge in [-0.05, 0) is 37.0 Å². The highest BCUT2D eigenvalue weighted by Crippen LogP contribution is 2.35. The van der Waals surface area contributed by atoms with Gasteiger partial charge in [0, 0.05) is 31.1 Å². The van der Waals surface area contributed by atoms with Gasteiger partial charge in [0.2, 0.25) is 5.95 Å². The van der Waals surface area contributed by atoms with Gasteiger partial charge in [-0.1, -0.05) is 60.7 Å². The van der Waals surface area contributed by atoms with Crippen molar-refractivity contribution in [3.05, 3.63) is 83.9 Å². The number of rotatable bonds is 11. The van der Waals surface area contributed by atoms with Crippen molar-refractivity contribution >= 4 is 35.1 Å². The largest absolute Gasteiger partial charge is 0.493 e. The smallest absolute Gasteiger partial charge is 0.227 e. The first-order chi connectivity index (χ1) is 19.1. The number of hydrogen-bond acceptors (Lipinski definition) is 8. The number of hydrogen-bond donors (Lipinski definition) is 1. The maximum Gasteiger partial charge on any atom is 0.227 e. The molecule has 2 N–H and O–H groups in total. The SMILES string of the molecule is CCOCC(OC1CCN(c2nc(N)c3cc(OCc4ccccc4)c(OC)cc3n2)CC1)c1ccccc1.Cl. The van der Waals surface area contributed by atoms with Gasteiger partial charge in [-0.15, -0.1) is 12.4 Å². The molecule has 1 aliphatic rings. The second kappa shape index (κ2) is 14.2. The Kier molecular flexibility index (Phi) is 10.4. The van der Waals surface area contributed by atoms with Crippen LogP contribution < -0.4 is 20.1 Å². The molecule has 0 aliphatic carbocycles. The molecule has 212 valence electrons. The number of nitrogens with two attached hydrogens (primary N) is 1. The highest BCUT2D eigenvalue weighted by atomic mass is 35.5. The summed E-state index contributed by atoms with van der Waals surface area (Å²) in [6, 6.07) is 24.0. The molecular weight excluding hydrogens is 528 g/mol. The Balaban J connectivity index is 0.00000370. The molecule has 1 aliphatic heterocycles. The van der Waals surface area contributed by atoms with E-state index >= 15 is 0 Å². The van der Waals surface area contributed by atoms with Gasteiger partial charge >= 0.3 is 0 Å². The topological polar surface area (TPSA) is 92.0 Å². The maximum atomic E-state index is 6.51. The van der Waals surface area contributed by atoms with Crippen molar-refractivity contribution in [3.63, 3.8) is 0 Å². The van der Waals surface area contributed by atoms with Gasteiger partial charge in [-0.3, -0.25) is 0 Å². The van der Waals surface area contributed by atoms with Crippen molar-refractivity contribution in [2.45, 2.75) is 38.6 Å². The van der Waals surface area contributed by atoms with Gasteiger partial charge < -0.3 is 29.6 Å². The average Bonchev–Trinajstić information content (AvgIpc) is 2.99. The Morgan fingerprint density at radius 3 is 2.33 bits per heavy atom. The van der Waals surface area contributed by atoms with Crippen molar-refractivity contribution in [1.29, 1.82) is 0 Å². The van der Waals surface area contributed by atoms with Gasteiger partial charge in [0.15, 0.2) is 11.5 Å². The molecule has 1 saturated heterocycles. The fourth-order valence-electron chi connectivity index (χ4n) is 4.83. The van der Waals surface area contributed by atoms with Crippen molar-refractivity contribution in [1.82, 2.24) is 9.97 Å². The van der Waals surface area contributed by atoms with Crippen LogP contribution in [-0.4, -0.2) is 49.5 Å². The van der Waals surface area contributed by atoms with Gasteiger partial charge in [0.25, 0.3) is 0 Å². The molecule has 1 fully saturated rings. The Bertz CT molecular complexity index is 1350. The summed E-state index contributed by atoms with van der Waals surface area (Å²) in [5.74, 6) is 2.25. The van der Waals surface area contributed by atoms with Crippen LogP contribution in [-0.2, 0) is 16.1 Å². The molecule has 5 rings (SSSR count). The summed E-state index contributed by atoms with van der Waals surface area (Å²) in [5.41, 5.74) is 9.35. The first-order valence-electron chi connectivity index (χ1n) is 13.5. The van der Waals surface area contributed by atoms with E-state index < -0.39 is 0 Å². The van der Waals surface area contributed by atoms with Crippen molar-refractivity contribution < 1.29 is 18.9 Å². The number of piperidine rings is 1. The monoisotopic (exact) mass is 564 g/mol. The minimum atomic E-state index is -0.0824. The van der Waals surface area contributed by atoms with Crippen molar-refractivity contribution in [3.8, 4) is 11.5 Å². The zero-order valence-electron chi connectivity index (χ0n) is 23.0. The molecule has 0 saturated carbocycles. The lowest BCUT2D eigenvalue weighted by Gasteiger charge is -2.34. The van der Waals surface area contributed by atoms with Crippen LogP contribution in [0.1, 0.15) is 37.0 Å². The molecule has 4 aromatic rings. The van der Waals surface area contributed by atoms with Crippen molar-refractivity contribution in [2.75, 3.05) is 44.0 Å². The molecule has 0 spiro atoms. The molecule has 0 bridgehead atoms. The normalized spacial score (nSPS) is 14.5. The fourth-order valence-corrected chi connectivity index (χ4v) is 4.83. The lowest BCUT2D eigenvalue weighted by Crippen LogP contribution is -2.39. The Morgan fingerprint density at radius 2 is 1.65 bits per heavy atom. The van der Waals surface area contributed by atoms with Gasteiger partial charge in [0.1, 0.15) is 18.5 Å².